The van der Waals surface area contributed by atoms with Crippen molar-refractivity contribution in [2.45, 2.75) is 36.5 Å². The SMILES string of the molecule is CCc1cc(Cl)c(O)c(Sc2cc(CC)cc(Cl)c2O)c1. The highest BCUT2D eigenvalue weighted by Crippen LogP contribution is 2.44. The number of aromatic hydroxyl groups is 2. The van der Waals surface area contributed by atoms with Crippen molar-refractivity contribution < 1.29 is 10.2 Å². The summed E-state index contributed by atoms with van der Waals surface area (Å²) in [7, 11) is 0. The summed E-state index contributed by atoms with van der Waals surface area (Å²) in [4.78, 5) is 1.22. The molecule has 5 heteroatoms. The molecule has 2 N–H and O–H groups in total. The van der Waals surface area contributed by atoms with Crippen molar-refractivity contribution in [2.75, 3.05) is 0 Å². The molecular formula is C16H16Cl2O2S. The Balaban J connectivity index is 2.47. The molecule has 0 aliphatic heterocycles. The summed E-state index contributed by atoms with van der Waals surface area (Å²) in [5.41, 5.74) is 2.05. The first-order valence-corrected chi connectivity index (χ1v) is 8.24. The van der Waals surface area contributed by atoms with Gasteiger partial charge in [-0.25, -0.2) is 0 Å². The van der Waals surface area contributed by atoms with E-state index >= 15 is 0 Å². The van der Waals surface area contributed by atoms with Gasteiger partial charge in [0.05, 0.1) is 19.8 Å². The van der Waals surface area contributed by atoms with Crippen molar-refractivity contribution in [1.29, 1.82) is 0 Å². The summed E-state index contributed by atoms with van der Waals surface area (Å²) in [6, 6.07) is 7.24. The molecule has 2 aromatic carbocycles. The maximum Gasteiger partial charge on any atom is 0.148 e. The number of benzene rings is 2. The second kappa shape index (κ2) is 6.82. The molecule has 0 radical (unpaired) electrons. The number of hydrogen-bond donors (Lipinski definition) is 2. The first-order chi connectivity index (χ1) is 9.96. The first-order valence-electron chi connectivity index (χ1n) is 6.66. The van der Waals surface area contributed by atoms with Gasteiger partial charge in [-0.05, 0) is 48.2 Å². The Morgan fingerprint density at radius 3 is 1.52 bits per heavy atom. The van der Waals surface area contributed by atoms with E-state index in [1.165, 1.54) is 11.8 Å². The summed E-state index contributed by atoms with van der Waals surface area (Å²) in [5.74, 6) is 0.0487. The van der Waals surface area contributed by atoms with Crippen LogP contribution >= 0.6 is 35.0 Å². The molecule has 0 bridgehead atoms. The second-order valence-electron chi connectivity index (χ2n) is 4.66. The van der Waals surface area contributed by atoms with Crippen LogP contribution in [0.15, 0.2) is 34.1 Å². The zero-order valence-electron chi connectivity index (χ0n) is 11.8. The van der Waals surface area contributed by atoms with E-state index < -0.39 is 0 Å². The monoisotopic (exact) mass is 342 g/mol. The van der Waals surface area contributed by atoms with Gasteiger partial charge < -0.3 is 10.2 Å². The van der Waals surface area contributed by atoms with Gasteiger partial charge >= 0.3 is 0 Å². The lowest BCUT2D eigenvalue weighted by Gasteiger charge is -2.11. The third-order valence-corrected chi connectivity index (χ3v) is 4.85. The zero-order chi connectivity index (χ0) is 15.6. The van der Waals surface area contributed by atoms with Crippen molar-refractivity contribution in [3.63, 3.8) is 0 Å². The third-order valence-electron chi connectivity index (χ3n) is 3.21. The Hall–Kier alpha value is -1.03. The van der Waals surface area contributed by atoms with Crippen molar-refractivity contribution in [3.05, 3.63) is 45.4 Å². The molecule has 0 amide bonds. The van der Waals surface area contributed by atoms with Crippen LogP contribution in [0.4, 0.5) is 0 Å². The smallest absolute Gasteiger partial charge is 0.148 e. The van der Waals surface area contributed by atoms with Crippen LogP contribution < -0.4 is 0 Å². The van der Waals surface area contributed by atoms with Crippen LogP contribution in [0.25, 0.3) is 0 Å². The van der Waals surface area contributed by atoms with Gasteiger partial charge in [0.25, 0.3) is 0 Å². The maximum atomic E-state index is 10.1. The Morgan fingerprint density at radius 2 is 1.19 bits per heavy atom. The average Bonchev–Trinajstić information content (AvgIpc) is 2.47. The molecule has 0 spiro atoms. The number of phenols is 2. The van der Waals surface area contributed by atoms with E-state index in [4.69, 9.17) is 23.2 Å². The fraction of sp³-hybridized carbons (Fsp3) is 0.250. The second-order valence-corrected chi connectivity index (χ2v) is 6.56. The average molecular weight is 343 g/mol. The highest BCUT2D eigenvalue weighted by molar-refractivity contribution is 7.99. The van der Waals surface area contributed by atoms with E-state index in [1.54, 1.807) is 12.1 Å². The summed E-state index contributed by atoms with van der Waals surface area (Å²) < 4.78 is 0. The third kappa shape index (κ3) is 3.60. The lowest BCUT2D eigenvalue weighted by Crippen LogP contribution is -1.87. The summed E-state index contributed by atoms with van der Waals surface area (Å²) in [5, 5.41) is 20.8. The lowest BCUT2D eigenvalue weighted by molar-refractivity contribution is 0.459. The molecule has 0 heterocycles. The molecule has 21 heavy (non-hydrogen) atoms. The van der Waals surface area contributed by atoms with Gasteiger partial charge in [0.1, 0.15) is 11.5 Å². The Bertz CT molecular complexity index is 614. The van der Waals surface area contributed by atoms with Crippen LogP contribution in [0, 0.1) is 0 Å². The number of hydrogen-bond acceptors (Lipinski definition) is 3. The number of rotatable bonds is 4. The number of halogens is 2. The molecule has 0 fully saturated rings. The molecule has 0 saturated carbocycles. The quantitative estimate of drug-likeness (QED) is 0.750. The van der Waals surface area contributed by atoms with Gasteiger partial charge in [-0.2, -0.15) is 0 Å². The van der Waals surface area contributed by atoms with E-state index in [9.17, 15) is 10.2 Å². The predicted molar refractivity (Wildman–Crippen MR) is 89.1 cm³/mol. The van der Waals surface area contributed by atoms with Crippen LogP contribution in [-0.2, 0) is 12.8 Å². The molecule has 0 unspecified atom stereocenters. The van der Waals surface area contributed by atoms with Crippen LogP contribution in [0.1, 0.15) is 25.0 Å². The van der Waals surface area contributed by atoms with Gasteiger partial charge in [0, 0.05) is 0 Å². The predicted octanol–water partition coefficient (Wildman–Crippen LogP) is 5.68. The Labute approximate surface area is 138 Å². The molecule has 0 aliphatic rings. The highest BCUT2D eigenvalue weighted by atomic mass is 35.5. The van der Waals surface area contributed by atoms with E-state index in [2.05, 4.69) is 0 Å². The summed E-state index contributed by atoms with van der Waals surface area (Å²) in [6.07, 6.45) is 1.63. The van der Waals surface area contributed by atoms with E-state index in [-0.39, 0.29) is 11.5 Å². The summed E-state index contributed by atoms with van der Waals surface area (Å²) >= 11 is 13.3. The van der Waals surface area contributed by atoms with Crippen molar-refractivity contribution in [1.82, 2.24) is 0 Å². The van der Waals surface area contributed by atoms with Gasteiger partial charge in [-0.3, -0.25) is 0 Å². The minimum Gasteiger partial charge on any atom is -0.505 e. The van der Waals surface area contributed by atoms with E-state index in [0.29, 0.717) is 19.8 Å². The molecule has 2 nitrogen and oxygen atoms in total. The largest absolute Gasteiger partial charge is 0.505 e. The molecule has 2 aromatic rings. The fourth-order valence-electron chi connectivity index (χ4n) is 1.94. The van der Waals surface area contributed by atoms with Crippen molar-refractivity contribution >= 4 is 35.0 Å². The van der Waals surface area contributed by atoms with Crippen LogP contribution in [-0.4, -0.2) is 10.2 Å². The number of aryl methyl sites for hydroxylation is 2. The molecular weight excluding hydrogens is 327 g/mol. The molecule has 0 aliphatic carbocycles. The Kier molecular flexibility index (Phi) is 5.31. The molecule has 0 saturated heterocycles. The van der Waals surface area contributed by atoms with Gasteiger partial charge in [-0.1, -0.05) is 48.8 Å². The molecule has 0 aromatic heterocycles. The highest BCUT2D eigenvalue weighted by Gasteiger charge is 2.14. The molecule has 2 rings (SSSR count). The standard InChI is InChI=1S/C16H16Cl2O2S/c1-3-9-5-11(17)15(19)13(7-9)21-14-8-10(4-2)6-12(18)16(14)20/h5-8,19-20H,3-4H2,1-2H3. The van der Waals surface area contributed by atoms with Gasteiger partial charge in [0.2, 0.25) is 0 Å². The lowest BCUT2D eigenvalue weighted by atomic mass is 10.1. The van der Waals surface area contributed by atoms with E-state index in [0.717, 1.165) is 24.0 Å². The Morgan fingerprint density at radius 1 is 0.810 bits per heavy atom. The van der Waals surface area contributed by atoms with Crippen molar-refractivity contribution in [2.24, 2.45) is 0 Å². The van der Waals surface area contributed by atoms with Crippen LogP contribution in [0.2, 0.25) is 10.0 Å². The van der Waals surface area contributed by atoms with Crippen LogP contribution in [0.5, 0.6) is 11.5 Å². The van der Waals surface area contributed by atoms with Crippen molar-refractivity contribution in [3.8, 4) is 11.5 Å². The zero-order valence-corrected chi connectivity index (χ0v) is 14.1. The topological polar surface area (TPSA) is 40.5 Å². The number of phenolic OH excluding ortho intramolecular Hbond substituents is 2. The van der Waals surface area contributed by atoms with Gasteiger partial charge in [0.15, 0.2) is 0 Å². The minimum absolute atomic E-state index is 0.0243. The minimum atomic E-state index is 0.0243. The molecule has 0 atom stereocenters. The van der Waals surface area contributed by atoms with E-state index in [1.807, 2.05) is 26.0 Å². The van der Waals surface area contributed by atoms with Crippen LogP contribution in [0.3, 0.4) is 0 Å². The normalized spacial score (nSPS) is 10.9. The maximum absolute atomic E-state index is 10.1. The van der Waals surface area contributed by atoms with Gasteiger partial charge in [-0.15, -0.1) is 0 Å². The summed E-state index contributed by atoms with van der Waals surface area (Å²) in [6.45, 7) is 4.03. The fourth-order valence-corrected chi connectivity index (χ4v) is 3.60. The molecule has 112 valence electrons. The first kappa shape index (κ1) is 16.3.